The maximum atomic E-state index is 12.4. The van der Waals surface area contributed by atoms with Crippen LogP contribution in [0.3, 0.4) is 0 Å². The van der Waals surface area contributed by atoms with E-state index in [4.69, 9.17) is 5.73 Å². The number of nitrogens with zero attached hydrogens (tertiary/aromatic N) is 1. The fourth-order valence-electron chi connectivity index (χ4n) is 3.85. The smallest absolute Gasteiger partial charge is 0.240 e. The summed E-state index contributed by atoms with van der Waals surface area (Å²) in [7, 11) is 0. The van der Waals surface area contributed by atoms with E-state index in [2.05, 4.69) is 41.4 Å². The zero-order chi connectivity index (χ0) is 15.6. The quantitative estimate of drug-likeness (QED) is 0.896. The highest BCUT2D eigenvalue weighted by molar-refractivity contribution is 5.86. The average Bonchev–Trinajstić information content (AvgIpc) is 2.84. The Bertz CT molecular complexity index is 537. The SMILES string of the molecule is CC1Cc2ccccc2N1CCNC(=O)C1(N)CCCCC1. The molecule has 1 atom stereocenters. The van der Waals surface area contributed by atoms with Crippen LogP contribution in [0.5, 0.6) is 0 Å². The van der Waals surface area contributed by atoms with E-state index in [0.29, 0.717) is 12.6 Å². The predicted molar refractivity (Wildman–Crippen MR) is 90.0 cm³/mol. The Hall–Kier alpha value is -1.55. The Morgan fingerprint density at radius 3 is 2.82 bits per heavy atom. The van der Waals surface area contributed by atoms with Gasteiger partial charge in [0.05, 0.1) is 5.54 Å². The first kappa shape index (κ1) is 15.3. The molecule has 1 aromatic carbocycles. The molecule has 0 bridgehead atoms. The van der Waals surface area contributed by atoms with Crippen molar-refractivity contribution >= 4 is 11.6 Å². The molecule has 0 radical (unpaired) electrons. The van der Waals surface area contributed by atoms with Crippen molar-refractivity contribution in [3.8, 4) is 0 Å². The van der Waals surface area contributed by atoms with Crippen LogP contribution in [0.15, 0.2) is 24.3 Å². The normalized spacial score (nSPS) is 23.2. The summed E-state index contributed by atoms with van der Waals surface area (Å²) in [5, 5.41) is 3.07. The molecule has 4 heteroatoms. The van der Waals surface area contributed by atoms with Gasteiger partial charge in [0, 0.05) is 24.8 Å². The number of para-hydroxylation sites is 1. The van der Waals surface area contributed by atoms with Crippen molar-refractivity contribution in [2.45, 2.75) is 57.0 Å². The topological polar surface area (TPSA) is 58.4 Å². The lowest BCUT2D eigenvalue weighted by Crippen LogP contribution is -2.56. The third-order valence-electron chi connectivity index (χ3n) is 5.18. The van der Waals surface area contributed by atoms with Crippen LogP contribution in [0.2, 0.25) is 0 Å². The Kier molecular flexibility index (Phi) is 4.39. The van der Waals surface area contributed by atoms with Gasteiger partial charge in [0.2, 0.25) is 5.91 Å². The van der Waals surface area contributed by atoms with E-state index in [-0.39, 0.29) is 5.91 Å². The third-order valence-corrected chi connectivity index (χ3v) is 5.18. The minimum absolute atomic E-state index is 0.0346. The van der Waals surface area contributed by atoms with Gasteiger partial charge in [-0.2, -0.15) is 0 Å². The number of amides is 1. The van der Waals surface area contributed by atoms with Crippen LogP contribution in [0, 0.1) is 0 Å². The number of nitrogens with two attached hydrogens (primary N) is 1. The number of hydrogen-bond donors (Lipinski definition) is 2. The van der Waals surface area contributed by atoms with Crippen molar-refractivity contribution in [2.24, 2.45) is 5.73 Å². The third kappa shape index (κ3) is 2.98. The lowest BCUT2D eigenvalue weighted by Gasteiger charge is -2.32. The number of fused-ring (bicyclic) bond motifs is 1. The Labute approximate surface area is 133 Å². The number of carbonyl (C=O) groups is 1. The first-order valence-corrected chi connectivity index (χ1v) is 8.52. The van der Waals surface area contributed by atoms with E-state index < -0.39 is 5.54 Å². The van der Waals surface area contributed by atoms with E-state index in [1.165, 1.54) is 17.7 Å². The van der Waals surface area contributed by atoms with E-state index in [1.807, 2.05) is 0 Å². The Balaban J connectivity index is 1.54. The molecule has 1 amide bonds. The van der Waals surface area contributed by atoms with Crippen molar-refractivity contribution < 1.29 is 4.79 Å². The average molecular weight is 301 g/mol. The minimum Gasteiger partial charge on any atom is -0.367 e. The molecule has 120 valence electrons. The maximum Gasteiger partial charge on any atom is 0.240 e. The van der Waals surface area contributed by atoms with Crippen molar-refractivity contribution in [1.29, 1.82) is 0 Å². The molecule has 3 N–H and O–H groups in total. The number of carbonyl (C=O) groups excluding carboxylic acids is 1. The number of anilines is 1. The van der Waals surface area contributed by atoms with Crippen molar-refractivity contribution in [1.82, 2.24) is 5.32 Å². The van der Waals surface area contributed by atoms with Crippen molar-refractivity contribution in [3.05, 3.63) is 29.8 Å². The number of rotatable bonds is 4. The zero-order valence-electron chi connectivity index (χ0n) is 13.5. The second kappa shape index (κ2) is 6.29. The summed E-state index contributed by atoms with van der Waals surface area (Å²) >= 11 is 0. The van der Waals surface area contributed by atoms with E-state index in [9.17, 15) is 4.79 Å². The molecule has 22 heavy (non-hydrogen) atoms. The van der Waals surface area contributed by atoms with E-state index >= 15 is 0 Å². The molecule has 3 rings (SSSR count). The molecule has 2 aliphatic rings. The van der Waals surface area contributed by atoms with E-state index in [1.54, 1.807) is 0 Å². The van der Waals surface area contributed by atoms with Gasteiger partial charge >= 0.3 is 0 Å². The maximum absolute atomic E-state index is 12.4. The lowest BCUT2D eigenvalue weighted by atomic mass is 9.82. The fourth-order valence-corrected chi connectivity index (χ4v) is 3.85. The molecular weight excluding hydrogens is 274 g/mol. The van der Waals surface area contributed by atoms with Crippen LogP contribution in [0.25, 0.3) is 0 Å². The molecular formula is C18H27N3O. The van der Waals surface area contributed by atoms with Crippen LogP contribution in [0.1, 0.15) is 44.6 Å². The highest BCUT2D eigenvalue weighted by Crippen LogP contribution is 2.31. The summed E-state index contributed by atoms with van der Waals surface area (Å²) in [5.41, 5.74) is 8.36. The number of hydrogen-bond acceptors (Lipinski definition) is 3. The van der Waals surface area contributed by atoms with Gasteiger partial charge in [0.25, 0.3) is 0 Å². The summed E-state index contributed by atoms with van der Waals surface area (Å²) < 4.78 is 0. The molecule has 1 saturated carbocycles. The standard InChI is InChI=1S/C18H27N3O/c1-14-13-15-7-3-4-8-16(15)21(14)12-11-20-17(22)18(19)9-5-2-6-10-18/h3-4,7-8,14H,2,5-6,9-13,19H2,1H3,(H,20,22). The molecule has 0 aromatic heterocycles. The zero-order valence-corrected chi connectivity index (χ0v) is 13.5. The monoisotopic (exact) mass is 301 g/mol. The van der Waals surface area contributed by atoms with Gasteiger partial charge in [0.15, 0.2) is 0 Å². The van der Waals surface area contributed by atoms with Crippen LogP contribution in [0.4, 0.5) is 5.69 Å². The van der Waals surface area contributed by atoms with E-state index in [0.717, 1.165) is 38.6 Å². The lowest BCUT2D eigenvalue weighted by molar-refractivity contribution is -0.127. The molecule has 4 nitrogen and oxygen atoms in total. The van der Waals surface area contributed by atoms with Gasteiger partial charge in [-0.15, -0.1) is 0 Å². The van der Waals surface area contributed by atoms with Gasteiger partial charge in [-0.25, -0.2) is 0 Å². The molecule has 1 fully saturated rings. The Morgan fingerprint density at radius 2 is 2.05 bits per heavy atom. The molecule has 1 aliphatic carbocycles. The summed E-state index contributed by atoms with van der Waals surface area (Å²) in [6.07, 6.45) is 6.07. The molecule has 1 aliphatic heterocycles. The first-order valence-electron chi connectivity index (χ1n) is 8.52. The second-order valence-electron chi connectivity index (χ2n) is 6.85. The largest absolute Gasteiger partial charge is 0.367 e. The van der Waals surface area contributed by atoms with Crippen LogP contribution >= 0.6 is 0 Å². The minimum atomic E-state index is -0.632. The number of nitrogens with one attached hydrogen (secondary N) is 1. The second-order valence-corrected chi connectivity index (χ2v) is 6.85. The van der Waals surface area contributed by atoms with Crippen LogP contribution in [-0.4, -0.2) is 30.6 Å². The van der Waals surface area contributed by atoms with Crippen molar-refractivity contribution in [2.75, 3.05) is 18.0 Å². The summed E-state index contributed by atoms with van der Waals surface area (Å²) in [6.45, 7) is 3.75. The summed E-state index contributed by atoms with van der Waals surface area (Å²) in [5.74, 6) is 0.0346. The molecule has 0 saturated heterocycles. The molecule has 1 heterocycles. The summed E-state index contributed by atoms with van der Waals surface area (Å²) in [6, 6.07) is 9.04. The van der Waals surface area contributed by atoms with Gasteiger partial charge in [0.1, 0.15) is 0 Å². The van der Waals surface area contributed by atoms with Crippen LogP contribution < -0.4 is 16.0 Å². The number of benzene rings is 1. The predicted octanol–water partition coefficient (Wildman–Crippen LogP) is 2.22. The van der Waals surface area contributed by atoms with Crippen LogP contribution in [-0.2, 0) is 11.2 Å². The molecule has 1 unspecified atom stereocenters. The van der Waals surface area contributed by atoms with Crippen molar-refractivity contribution in [3.63, 3.8) is 0 Å². The summed E-state index contributed by atoms with van der Waals surface area (Å²) in [4.78, 5) is 14.8. The fraction of sp³-hybridized carbons (Fsp3) is 0.611. The Morgan fingerprint density at radius 1 is 1.32 bits per heavy atom. The molecule has 1 aromatic rings. The van der Waals surface area contributed by atoms with Gasteiger partial charge in [-0.3, -0.25) is 4.79 Å². The van der Waals surface area contributed by atoms with Gasteiger partial charge in [-0.1, -0.05) is 37.5 Å². The molecule has 0 spiro atoms. The highest BCUT2D eigenvalue weighted by atomic mass is 16.2. The highest BCUT2D eigenvalue weighted by Gasteiger charge is 2.35. The van der Waals surface area contributed by atoms with Gasteiger partial charge < -0.3 is 16.0 Å². The first-order chi connectivity index (χ1) is 10.6. The van der Waals surface area contributed by atoms with Gasteiger partial charge in [-0.05, 0) is 37.8 Å².